The summed E-state index contributed by atoms with van der Waals surface area (Å²) in [6.45, 7) is 11.3. The molecular formula is C45H86O6. The second-order valence-corrected chi connectivity index (χ2v) is 16.1. The molecule has 0 aromatic carbocycles. The Morgan fingerprint density at radius 2 is 0.745 bits per heavy atom. The van der Waals surface area contributed by atoms with Crippen molar-refractivity contribution in [2.45, 2.75) is 246 Å². The van der Waals surface area contributed by atoms with Gasteiger partial charge in [0.25, 0.3) is 0 Å². The molecule has 0 amide bonds. The summed E-state index contributed by atoms with van der Waals surface area (Å²) in [6.07, 6.45) is 35.2. The highest BCUT2D eigenvalue weighted by molar-refractivity contribution is 5.71. The number of carbonyl (C=O) groups is 3. The van der Waals surface area contributed by atoms with Crippen molar-refractivity contribution in [3.8, 4) is 0 Å². The number of hydrogen-bond acceptors (Lipinski definition) is 6. The van der Waals surface area contributed by atoms with Gasteiger partial charge in [-0.25, -0.2) is 0 Å². The molecule has 0 radical (unpaired) electrons. The third-order valence-corrected chi connectivity index (χ3v) is 10.3. The van der Waals surface area contributed by atoms with Crippen molar-refractivity contribution >= 4 is 17.9 Å². The Hall–Kier alpha value is -1.59. The largest absolute Gasteiger partial charge is 0.462 e. The molecule has 0 fully saturated rings. The second kappa shape index (κ2) is 38.1. The zero-order valence-corrected chi connectivity index (χ0v) is 34.7. The number of ether oxygens (including phenoxy) is 3. The van der Waals surface area contributed by atoms with Crippen LogP contribution in [-0.2, 0) is 28.6 Å². The molecule has 0 saturated heterocycles. The van der Waals surface area contributed by atoms with Crippen molar-refractivity contribution in [1.82, 2.24) is 0 Å². The zero-order valence-electron chi connectivity index (χ0n) is 34.7. The van der Waals surface area contributed by atoms with Crippen LogP contribution in [0.2, 0.25) is 0 Å². The molecule has 0 N–H and O–H groups in total. The highest BCUT2D eigenvalue weighted by atomic mass is 16.6. The van der Waals surface area contributed by atoms with Crippen LogP contribution in [0, 0.1) is 11.8 Å². The summed E-state index contributed by atoms with van der Waals surface area (Å²) in [5, 5.41) is 0. The third-order valence-electron chi connectivity index (χ3n) is 10.3. The van der Waals surface area contributed by atoms with Gasteiger partial charge in [0, 0.05) is 19.3 Å². The molecule has 0 aliphatic carbocycles. The van der Waals surface area contributed by atoms with Gasteiger partial charge in [-0.15, -0.1) is 0 Å². The van der Waals surface area contributed by atoms with Crippen LogP contribution in [0.4, 0.5) is 0 Å². The Morgan fingerprint density at radius 3 is 1.12 bits per heavy atom. The SMILES string of the molecule is CCCCCCCCCCCC(=O)O[C@H](COC(=O)CCCCCCCCCCCCC(C)CC)COC(=O)CCCCCCCCCC(C)C. The minimum Gasteiger partial charge on any atom is -0.462 e. The third kappa shape index (κ3) is 38.0. The fourth-order valence-electron chi connectivity index (χ4n) is 6.54. The summed E-state index contributed by atoms with van der Waals surface area (Å²) in [5.74, 6) is 0.787. The summed E-state index contributed by atoms with van der Waals surface area (Å²) in [4.78, 5) is 37.6. The van der Waals surface area contributed by atoms with Gasteiger partial charge in [-0.1, -0.05) is 202 Å². The Labute approximate surface area is 317 Å². The highest BCUT2D eigenvalue weighted by Gasteiger charge is 2.19. The standard InChI is InChI=1S/C45H86O6/c1-6-8-9-10-11-14-21-27-32-37-45(48)51-42(39-50-44(47)36-31-26-22-17-18-23-28-33-40(3)4)38-49-43(46)35-30-25-20-16-13-12-15-19-24-29-34-41(5)7-2/h40-42H,6-39H2,1-5H3/t41?,42-/m1/s1. The van der Waals surface area contributed by atoms with Gasteiger partial charge in [0.1, 0.15) is 13.2 Å². The van der Waals surface area contributed by atoms with Crippen LogP contribution in [0.3, 0.4) is 0 Å². The number of rotatable bonds is 39. The average Bonchev–Trinajstić information content (AvgIpc) is 3.11. The smallest absolute Gasteiger partial charge is 0.306 e. The monoisotopic (exact) mass is 723 g/mol. The van der Waals surface area contributed by atoms with Crippen LogP contribution in [0.25, 0.3) is 0 Å². The molecule has 0 spiro atoms. The number of carbonyl (C=O) groups excluding carboxylic acids is 3. The van der Waals surface area contributed by atoms with E-state index in [2.05, 4.69) is 34.6 Å². The van der Waals surface area contributed by atoms with Gasteiger partial charge < -0.3 is 14.2 Å². The van der Waals surface area contributed by atoms with E-state index in [1.54, 1.807) is 0 Å². The first-order chi connectivity index (χ1) is 24.8. The van der Waals surface area contributed by atoms with E-state index in [1.807, 2.05) is 0 Å². The molecule has 6 nitrogen and oxygen atoms in total. The van der Waals surface area contributed by atoms with Gasteiger partial charge in [-0.3, -0.25) is 14.4 Å². The van der Waals surface area contributed by atoms with E-state index in [-0.39, 0.29) is 31.1 Å². The molecule has 302 valence electrons. The summed E-state index contributed by atoms with van der Waals surface area (Å²) < 4.78 is 16.7. The molecule has 0 aliphatic rings. The Bertz CT molecular complexity index is 781. The Balaban J connectivity index is 4.31. The molecule has 0 heterocycles. The second-order valence-electron chi connectivity index (χ2n) is 16.1. The van der Waals surface area contributed by atoms with Crippen LogP contribution in [0.15, 0.2) is 0 Å². The van der Waals surface area contributed by atoms with Gasteiger partial charge >= 0.3 is 17.9 Å². The van der Waals surface area contributed by atoms with Crippen LogP contribution in [-0.4, -0.2) is 37.2 Å². The molecule has 51 heavy (non-hydrogen) atoms. The number of esters is 3. The molecular weight excluding hydrogens is 636 g/mol. The van der Waals surface area contributed by atoms with E-state index in [0.717, 1.165) is 69.6 Å². The minimum atomic E-state index is -0.759. The molecule has 0 aromatic rings. The molecule has 0 aliphatic heterocycles. The van der Waals surface area contributed by atoms with E-state index in [9.17, 15) is 14.4 Å². The van der Waals surface area contributed by atoms with Crippen LogP contribution >= 0.6 is 0 Å². The summed E-state index contributed by atoms with van der Waals surface area (Å²) in [6, 6.07) is 0. The van der Waals surface area contributed by atoms with Crippen LogP contribution in [0.5, 0.6) is 0 Å². The molecule has 2 atom stereocenters. The predicted molar refractivity (Wildman–Crippen MR) is 215 cm³/mol. The maximum absolute atomic E-state index is 12.6. The van der Waals surface area contributed by atoms with Gasteiger partial charge in [-0.2, -0.15) is 0 Å². The van der Waals surface area contributed by atoms with Gasteiger partial charge in [0.05, 0.1) is 0 Å². The summed E-state index contributed by atoms with van der Waals surface area (Å²) in [5.41, 5.74) is 0. The van der Waals surface area contributed by atoms with Crippen molar-refractivity contribution in [3.63, 3.8) is 0 Å². The van der Waals surface area contributed by atoms with Crippen LogP contribution in [0.1, 0.15) is 240 Å². The lowest BCUT2D eigenvalue weighted by Gasteiger charge is -2.18. The molecule has 0 aromatic heterocycles. The van der Waals surface area contributed by atoms with E-state index in [4.69, 9.17) is 14.2 Å². The summed E-state index contributed by atoms with van der Waals surface area (Å²) >= 11 is 0. The fraction of sp³-hybridized carbons (Fsp3) is 0.933. The van der Waals surface area contributed by atoms with Crippen molar-refractivity contribution in [1.29, 1.82) is 0 Å². The number of hydrogen-bond donors (Lipinski definition) is 0. The lowest BCUT2D eigenvalue weighted by atomic mass is 9.99. The molecule has 0 saturated carbocycles. The van der Waals surface area contributed by atoms with Crippen molar-refractivity contribution in [2.24, 2.45) is 11.8 Å². The minimum absolute atomic E-state index is 0.0657. The maximum Gasteiger partial charge on any atom is 0.306 e. The van der Waals surface area contributed by atoms with E-state index < -0.39 is 6.10 Å². The van der Waals surface area contributed by atoms with E-state index >= 15 is 0 Å². The van der Waals surface area contributed by atoms with Crippen molar-refractivity contribution in [2.75, 3.05) is 13.2 Å². The van der Waals surface area contributed by atoms with Gasteiger partial charge in [0.15, 0.2) is 6.10 Å². The lowest BCUT2D eigenvalue weighted by Crippen LogP contribution is -2.30. The normalized spacial score (nSPS) is 12.6. The Morgan fingerprint density at radius 1 is 0.412 bits per heavy atom. The molecule has 1 unspecified atom stereocenters. The number of unbranched alkanes of at least 4 members (excludes halogenated alkanes) is 23. The summed E-state index contributed by atoms with van der Waals surface area (Å²) in [7, 11) is 0. The molecule has 0 rings (SSSR count). The Kier molecular flexibility index (Phi) is 37.0. The van der Waals surface area contributed by atoms with Gasteiger partial charge in [-0.05, 0) is 31.1 Å². The highest BCUT2D eigenvalue weighted by Crippen LogP contribution is 2.17. The molecule has 0 bridgehead atoms. The first-order valence-electron chi connectivity index (χ1n) is 22.3. The first-order valence-corrected chi connectivity index (χ1v) is 22.3. The van der Waals surface area contributed by atoms with Crippen LogP contribution < -0.4 is 0 Å². The zero-order chi connectivity index (χ0) is 37.6. The topological polar surface area (TPSA) is 78.9 Å². The first kappa shape index (κ1) is 49.4. The maximum atomic E-state index is 12.6. The fourth-order valence-corrected chi connectivity index (χ4v) is 6.54. The predicted octanol–water partition coefficient (Wildman–Crippen LogP) is 13.8. The van der Waals surface area contributed by atoms with E-state index in [1.165, 1.54) is 128 Å². The van der Waals surface area contributed by atoms with Crippen molar-refractivity contribution in [3.05, 3.63) is 0 Å². The van der Waals surface area contributed by atoms with E-state index in [0.29, 0.717) is 19.3 Å². The van der Waals surface area contributed by atoms with Gasteiger partial charge in [0.2, 0.25) is 0 Å². The quantitative estimate of drug-likeness (QED) is 0.0357. The molecule has 6 heteroatoms. The lowest BCUT2D eigenvalue weighted by molar-refractivity contribution is -0.167. The average molecular weight is 723 g/mol. The van der Waals surface area contributed by atoms with Crippen molar-refractivity contribution < 1.29 is 28.6 Å².